The summed E-state index contributed by atoms with van der Waals surface area (Å²) in [5.74, 6) is 0.0610. The Morgan fingerprint density at radius 2 is 2.27 bits per heavy atom. The maximum atomic E-state index is 12.9. The Bertz CT molecular complexity index is 505. The number of hydrogen-bond acceptors (Lipinski definition) is 3. The zero-order chi connectivity index (χ0) is 10.8. The fraction of sp³-hybridized carbons (Fsp3) is 0.0909. The first-order valence-electron chi connectivity index (χ1n) is 4.37. The van der Waals surface area contributed by atoms with Crippen molar-refractivity contribution < 1.29 is 13.6 Å². The first-order valence-corrected chi connectivity index (χ1v) is 4.37. The molecule has 1 aromatic heterocycles. The first-order chi connectivity index (χ1) is 7.22. The molecule has 0 radical (unpaired) electrons. The van der Waals surface area contributed by atoms with Crippen molar-refractivity contribution >= 4 is 6.29 Å². The Balaban J connectivity index is 2.59. The second-order valence-corrected chi connectivity index (χ2v) is 3.14. The van der Waals surface area contributed by atoms with E-state index < -0.39 is 0 Å². The van der Waals surface area contributed by atoms with Gasteiger partial charge in [-0.05, 0) is 30.7 Å². The van der Waals surface area contributed by atoms with E-state index in [9.17, 15) is 9.18 Å². The molecule has 0 fully saturated rings. The van der Waals surface area contributed by atoms with Gasteiger partial charge in [0.25, 0.3) is 0 Å². The average molecular weight is 205 g/mol. The van der Waals surface area contributed by atoms with Gasteiger partial charge in [-0.1, -0.05) is 0 Å². The summed E-state index contributed by atoms with van der Waals surface area (Å²) in [4.78, 5) is 14.4. The van der Waals surface area contributed by atoms with Crippen LogP contribution in [0.2, 0.25) is 0 Å². The minimum absolute atomic E-state index is 0.227. The maximum absolute atomic E-state index is 12.9. The van der Waals surface area contributed by atoms with Crippen molar-refractivity contribution in [3.8, 4) is 11.3 Å². The Morgan fingerprint density at radius 1 is 1.47 bits per heavy atom. The fourth-order valence-corrected chi connectivity index (χ4v) is 1.42. The lowest BCUT2D eigenvalue weighted by atomic mass is 10.1. The molecule has 1 heterocycles. The molecule has 0 aliphatic heterocycles. The molecule has 76 valence electrons. The molecule has 0 aliphatic rings. The van der Waals surface area contributed by atoms with Gasteiger partial charge < -0.3 is 4.42 Å². The van der Waals surface area contributed by atoms with Gasteiger partial charge in [0.2, 0.25) is 0 Å². The summed E-state index contributed by atoms with van der Waals surface area (Å²) in [6.45, 7) is 1.75. The zero-order valence-corrected chi connectivity index (χ0v) is 8.03. The standard InChI is InChI=1S/C11H8FNO2/c1-7-4-8(12)2-3-9(7)11-10(5-14)13-6-15-11/h2-6H,1H3. The molecule has 0 N–H and O–H groups in total. The summed E-state index contributed by atoms with van der Waals surface area (Å²) >= 11 is 0. The van der Waals surface area contributed by atoms with E-state index in [4.69, 9.17) is 4.42 Å². The number of carbonyl (C=O) groups excluding carboxylic acids is 1. The predicted molar refractivity (Wildman–Crippen MR) is 52.0 cm³/mol. The Labute approximate surface area is 85.6 Å². The van der Waals surface area contributed by atoms with Gasteiger partial charge in [0.1, 0.15) is 11.5 Å². The summed E-state index contributed by atoms with van der Waals surface area (Å²) in [5, 5.41) is 0. The molecule has 0 saturated heterocycles. The van der Waals surface area contributed by atoms with Crippen LogP contribution in [0, 0.1) is 12.7 Å². The maximum Gasteiger partial charge on any atom is 0.182 e. The molecule has 0 spiro atoms. The molecule has 0 atom stereocenters. The number of nitrogens with zero attached hydrogens (tertiary/aromatic N) is 1. The minimum atomic E-state index is -0.316. The highest BCUT2D eigenvalue weighted by Gasteiger charge is 2.12. The van der Waals surface area contributed by atoms with E-state index in [1.807, 2.05) is 0 Å². The Hall–Kier alpha value is -1.97. The molecule has 1 aromatic carbocycles. The third-order valence-corrected chi connectivity index (χ3v) is 2.14. The van der Waals surface area contributed by atoms with Crippen LogP contribution in [0.1, 0.15) is 16.1 Å². The minimum Gasteiger partial charge on any atom is -0.443 e. The van der Waals surface area contributed by atoms with E-state index in [1.165, 1.54) is 18.5 Å². The molecule has 4 heteroatoms. The molecule has 0 unspecified atom stereocenters. The Kier molecular flexibility index (Phi) is 2.33. The van der Waals surface area contributed by atoms with Crippen LogP contribution in [-0.4, -0.2) is 11.3 Å². The summed E-state index contributed by atoms with van der Waals surface area (Å²) in [6, 6.07) is 4.27. The average Bonchev–Trinajstić information content (AvgIpc) is 2.65. The number of aldehydes is 1. The van der Waals surface area contributed by atoms with Crippen LogP contribution in [0.15, 0.2) is 29.0 Å². The lowest BCUT2D eigenvalue weighted by Crippen LogP contribution is -1.88. The van der Waals surface area contributed by atoms with Gasteiger partial charge in [-0.2, -0.15) is 0 Å². The lowest BCUT2D eigenvalue weighted by Gasteiger charge is -2.02. The van der Waals surface area contributed by atoms with Gasteiger partial charge >= 0.3 is 0 Å². The van der Waals surface area contributed by atoms with E-state index in [2.05, 4.69) is 4.98 Å². The number of aryl methyl sites for hydroxylation is 1. The molecule has 2 aromatic rings. The van der Waals surface area contributed by atoms with Crippen LogP contribution in [0.4, 0.5) is 4.39 Å². The predicted octanol–water partition coefficient (Wildman–Crippen LogP) is 2.60. The number of benzene rings is 1. The van der Waals surface area contributed by atoms with Crippen LogP contribution >= 0.6 is 0 Å². The van der Waals surface area contributed by atoms with Gasteiger partial charge in [0.15, 0.2) is 18.4 Å². The highest BCUT2D eigenvalue weighted by atomic mass is 19.1. The topological polar surface area (TPSA) is 43.1 Å². The molecule has 0 aliphatic carbocycles. The zero-order valence-electron chi connectivity index (χ0n) is 8.03. The summed E-state index contributed by atoms with van der Waals surface area (Å²) in [7, 11) is 0. The van der Waals surface area contributed by atoms with Gasteiger partial charge in [0, 0.05) is 5.56 Å². The van der Waals surface area contributed by atoms with E-state index in [-0.39, 0.29) is 11.5 Å². The summed E-state index contributed by atoms with van der Waals surface area (Å²) < 4.78 is 18.0. The van der Waals surface area contributed by atoms with Crippen molar-refractivity contribution in [1.82, 2.24) is 4.98 Å². The van der Waals surface area contributed by atoms with E-state index in [0.29, 0.717) is 23.2 Å². The van der Waals surface area contributed by atoms with Crippen molar-refractivity contribution in [1.29, 1.82) is 0 Å². The SMILES string of the molecule is Cc1cc(F)ccc1-c1ocnc1C=O. The molecule has 2 rings (SSSR count). The van der Waals surface area contributed by atoms with E-state index >= 15 is 0 Å². The molecule has 0 saturated carbocycles. The van der Waals surface area contributed by atoms with Crippen molar-refractivity contribution in [2.75, 3.05) is 0 Å². The number of halogens is 1. The van der Waals surface area contributed by atoms with E-state index in [1.54, 1.807) is 13.0 Å². The lowest BCUT2D eigenvalue weighted by molar-refractivity contribution is 0.112. The second-order valence-electron chi connectivity index (χ2n) is 3.14. The van der Waals surface area contributed by atoms with Crippen molar-refractivity contribution in [3.05, 3.63) is 41.7 Å². The fourth-order valence-electron chi connectivity index (χ4n) is 1.42. The van der Waals surface area contributed by atoms with Gasteiger partial charge in [0.05, 0.1) is 0 Å². The number of hydrogen-bond donors (Lipinski definition) is 0. The second kappa shape index (κ2) is 3.65. The molecular weight excluding hydrogens is 197 g/mol. The number of rotatable bonds is 2. The number of aromatic nitrogens is 1. The highest BCUT2D eigenvalue weighted by molar-refractivity contribution is 5.83. The third kappa shape index (κ3) is 1.66. The summed E-state index contributed by atoms with van der Waals surface area (Å²) in [6.07, 6.45) is 1.81. The van der Waals surface area contributed by atoms with Crippen LogP contribution in [0.25, 0.3) is 11.3 Å². The third-order valence-electron chi connectivity index (χ3n) is 2.14. The molecule has 0 amide bonds. The van der Waals surface area contributed by atoms with Gasteiger partial charge in [-0.15, -0.1) is 0 Å². The summed E-state index contributed by atoms with van der Waals surface area (Å²) in [5.41, 5.74) is 1.61. The monoisotopic (exact) mass is 205 g/mol. The van der Waals surface area contributed by atoms with Crippen molar-refractivity contribution in [2.45, 2.75) is 6.92 Å². The van der Waals surface area contributed by atoms with Gasteiger partial charge in [-0.25, -0.2) is 9.37 Å². The first kappa shape index (κ1) is 9.58. The number of carbonyl (C=O) groups is 1. The van der Waals surface area contributed by atoms with Gasteiger partial charge in [-0.3, -0.25) is 4.79 Å². The molecule has 3 nitrogen and oxygen atoms in total. The quantitative estimate of drug-likeness (QED) is 0.708. The molecule has 0 bridgehead atoms. The van der Waals surface area contributed by atoms with Crippen LogP contribution in [0.3, 0.4) is 0 Å². The van der Waals surface area contributed by atoms with Crippen molar-refractivity contribution in [2.24, 2.45) is 0 Å². The highest BCUT2D eigenvalue weighted by Crippen LogP contribution is 2.25. The largest absolute Gasteiger partial charge is 0.443 e. The van der Waals surface area contributed by atoms with Crippen LogP contribution < -0.4 is 0 Å². The Morgan fingerprint density at radius 3 is 2.93 bits per heavy atom. The van der Waals surface area contributed by atoms with Crippen molar-refractivity contribution in [3.63, 3.8) is 0 Å². The molecule has 15 heavy (non-hydrogen) atoms. The number of oxazole rings is 1. The van der Waals surface area contributed by atoms with Crippen LogP contribution in [-0.2, 0) is 0 Å². The van der Waals surface area contributed by atoms with Crippen LogP contribution in [0.5, 0.6) is 0 Å². The van der Waals surface area contributed by atoms with E-state index in [0.717, 1.165) is 0 Å². The normalized spacial score (nSPS) is 10.3. The molecular formula is C11H8FNO2. The smallest absolute Gasteiger partial charge is 0.182 e.